The number of carbonyl (C=O) groups excluding carboxylic acids is 1. The van der Waals surface area contributed by atoms with E-state index in [1.807, 2.05) is 54.6 Å². The summed E-state index contributed by atoms with van der Waals surface area (Å²) >= 11 is 1.65. The van der Waals surface area contributed by atoms with E-state index < -0.39 is 0 Å². The molecule has 0 bridgehead atoms. The van der Waals surface area contributed by atoms with Gasteiger partial charge in [0.15, 0.2) is 0 Å². The molecule has 2 aromatic heterocycles. The molecule has 0 aliphatic carbocycles. The van der Waals surface area contributed by atoms with E-state index >= 15 is 0 Å². The van der Waals surface area contributed by atoms with Crippen molar-refractivity contribution < 1.29 is 4.79 Å². The van der Waals surface area contributed by atoms with Crippen LogP contribution in [0.2, 0.25) is 0 Å². The highest BCUT2D eigenvalue weighted by Gasteiger charge is 2.08. The first-order valence-electron chi connectivity index (χ1n) is 8.43. The van der Waals surface area contributed by atoms with Gasteiger partial charge in [-0.15, -0.1) is 11.3 Å². The fraction of sp³-hybridized carbons (Fsp3) is 0.0952. The number of carbonyl (C=O) groups is 1. The first-order valence-corrected chi connectivity index (χ1v) is 9.24. The van der Waals surface area contributed by atoms with Gasteiger partial charge in [0.25, 0.3) is 0 Å². The normalized spacial score (nSPS) is 10.8. The minimum Gasteiger partial charge on any atom is -0.326 e. The minimum atomic E-state index is -0.00435. The second-order valence-electron chi connectivity index (χ2n) is 5.98. The van der Waals surface area contributed by atoms with Crippen molar-refractivity contribution in [2.24, 2.45) is 0 Å². The molecule has 0 aliphatic heterocycles. The number of fused-ring (bicyclic) bond motifs is 1. The summed E-state index contributed by atoms with van der Waals surface area (Å²) < 4.78 is 1.16. The highest BCUT2D eigenvalue weighted by Crippen LogP contribution is 2.31. The maximum Gasteiger partial charge on any atom is 0.224 e. The average molecular weight is 359 g/mol. The van der Waals surface area contributed by atoms with E-state index in [1.54, 1.807) is 23.7 Å². The van der Waals surface area contributed by atoms with Crippen LogP contribution < -0.4 is 5.32 Å². The van der Waals surface area contributed by atoms with Crippen molar-refractivity contribution in [1.82, 2.24) is 9.97 Å². The second-order valence-corrected chi connectivity index (χ2v) is 7.01. The third kappa shape index (κ3) is 3.78. The molecule has 1 amide bonds. The molecule has 2 heterocycles. The Morgan fingerprint density at radius 1 is 1.04 bits per heavy atom. The van der Waals surface area contributed by atoms with Gasteiger partial charge in [0, 0.05) is 30.1 Å². The summed E-state index contributed by atoms with van der Waals surface area (Å²) in [5, 5.41) is 3.93. The van der Waals surface area contributed by atoms with Crippen molar-refractivity contribution >= 4 is 33.1 Å². The number of thiazole rings is 1. The van der Waals surface area contributed by atoms with Crippen molar-refractivity contribution in [3.63, 3.8) is 0 Å². The molecule has 4 nitrogen and oxygen atoms in total. The number of nitrogens with one attached hydrogen (secondary N) is 1. The average Bonchev–Trinajstić information content (AvgIpc) is 3.12. The lowest BCUT2D eigenvalue weighted by atomic mass is 10.1. The van der Waals surface area contributed by atoms with Gasteiger partial charge in [-0.05, 0) is 42.3 Å². The predicted octanol–water partition coefficient (Wildman–Crippen LogP) is 4.93. The third-order valence-electron chi connectivity index (χ3n) is 4.05. The number of hydrogen-bond acceptors (Lipinski definition) is 4. The Balaban J connectivity index is 1.46. The Hall–Kier alpha value is -3.05. The lowest BCUT2D eigenvalue weighted by Gasteiger charge is -2.06. The molecule has 0 saturated heterocycles. The van der Waals surface area contributed by atoms with Crippen LogP contribution in [0.5, 0.6) is 0 Å². The van der Waals surface area contributed by atoms with Gasteiger partial charge < -0.3 is 5.32 Å². The molecule has 128 valence electrons. The summed E-state index contributed by atoms with van der Waals surface area (Å²) in [6.07, 6.45) is 4.63. The molecule has 0 fully saturated rings. The molecular weight excluding hydrogens is 342 g/mol. The van der Waals surface area contributed by atoms with E-state index in [9.17, 15) is 4.79 Å². The van der Waals surface area contributed by atoms with Crippen molar-refractivity contribution in [2.75, 3.05) is 5.32 Å². The number of pyridine rings is 1. The molecule has 0 atom stereocenters. The number of rotatable bonds is 5. The van der Waals surface area contributed by atoms with Crippen molar-refractivity contribution in [1.29, 1.82) is 0 Å². The fourth-order valence-electron chi connectivity index (χ4n) is 2.75. The molecule has 4 aromatic rings. The van der Waals surface area contributed by atoms with E-state index in [4.69, 9.17) is 0 Å². The number of para-hydroxylation sites is 1. The predicted molar refractivity (Wildman–Crippen MR) is 106 cm³/mol. The van der Waals surface area contributed by atoms with Gasteiger partial charge in [-0.1, -0.05) is 30.3 Å². The number of aryl methyl sites for hydroxylation is 1. The van der Waals surface area contributed by atoms with Gasteiger partial charge in [-0.2, -0.15) is 0 Å². The van der Waals surface area contributed by atoms with Crippen LogP contribution in [-0.4, -0.2) is 15.9 Å². The highest BCUT2D eigenvalue weighted by atomic mass is 32.1. The van der Waals surface area contributed by atoms with Crippen LogP contribution in [0.15, 0.2) is 73.1 Å². The molecule has 5 heteroatoms. The monoisotopic (exact) mass is 359 g/mol. The molecule has 0 saturated carbocycles. The second kappa shape index (κ2) is 7.45. The smallest absolute Gasteiger partial charge is 0.224 e. The third-order valence-corrected chi connectivity index (χ3v) is 5.14. The number of nitrogens with zero attached hydrogens (tertiary/aromatic N) is 2. The lowest BCUT2D eigenvalue weighted by molar-refractivity contribution is -0.116. The number of amides is 1. The van der Waals surface area contributed by atoms with E-state index in [0.717, 1.165) is 32.0 Å². The van der Waals surface area contributed by atoms with Crippen molar-refractivity contribution in [3.05, 3.63) is 78.6 Å². The quantitative estimate of drug-likeness (QED) is 0.550. The zero-order valence-electron chi connectivity index (χ0n) is 14.1. The molecule has 0 spiro atoms. The molecule has 2 aromatic carbocycles. The fourth-order valence-corrected chi connectivity index (χ4v) is 3.72. The summed E-state index contributed by atoms with van der Waals surface area (Å²) in [5.41, 5.74) is 3.86. The van der Waals surface area contributed by atoms with Crippen LogP contribution >= 0.6 is 11.3 Å². The summed E-state index contributed by atoms with van der Waals surface area (Å²) in [5.74, 6) is -0.00435. The summed E-state index contributed by atoms with van der Waals surface area (Å²) in [7, 11) is 0. The van der Waals surface area contributed by atoms with Gasteiger partial charge in [0.1, 0.15) is 5.01 Å². The van der Waals surface area contributed by atoms with Gasteiger partial charge in [-0.25, -0.2) is 4.98 Å². The summed E-state index contributed by atoms with van der Waals surface area (Å²) in [6, 6.07) is 19.8. The van der Waals surface area contributed by atoms with Crippen LogP contribution in [0.3, 0.4) is 0 Å². The molecular formula is C21H17N3OS. The number of benzene rings is 2. The molecule has 26 heavy (non-hydrogen) atoms. The first-order chi connectivity index (χ1) is 12.8. The van der Waals surface area contributed by atoms with Gasteiger partial charge in [0.2, 0.25) is 5.91 Å². The number of aromatic nitrogens is 2. The Labute approximate surface area is 155 Å². The molecule has 0 unspecified atom stereocenters. The molecule has 0 aliphatic rings. The Kier molecular flexibility index (Phi) is 4.71. The van der Waals surface area contributed by atoms with E-state index in [2.05, 4.69) is 21.4 Å². The van der Waals surface area contributed by atoms with E-state index in [-0.39, 0.29) is 5.91 Å². The minimum absolute atomic E-state index is 0.00435. The topological polar surface area (TPSA) is 54.9 Å². The van der Waals surface area contributed by atoms with Crippen LogP contribution in [0, 0.1) is 0 Å². The zero-order valence-corrected chi connectivity index (χ0v) is 14.9. The van der Waals surface area contributed by atoms with Gasteiger partial charge in [0.05, 0.1) is 10.2 Å². The maximum absolute atomic E-state index is 12.2. The van der Waals surface area contributed by atoms with E-state index in [0.29, 0.717) is 12.8 Å². The Morgan fingerprint density at radius 3 is 2.81 bits per heavy atom. The Bertz CT molecular complexity index is 1010. The van der Waals surface area contributed by atoms with Gasteiger partial charge >= 0.3 is 0 Å². The molecule has 0 radical (unpaired) electrons. The summed E-state index contributed by atoms with van der Waals surface area (Å²) in [6.45, 7) is 0. The van der Waals surface area contributed by atoms with Crippen molar-refractivity contribution in [3.8, 4) is 10.6 Å². The van der Waals surface area contributed by atoms with Gasteiger partial charge in [-0.3, -0.25) is 9.78 Å². The van der Waals surface area contributed by atoms with Crippen molar-refractivity contribution in [2.45, 2.75) is 12.8 Å². The molecule has 4 rings (SSSR count). The largest absolute Gasteiger partial charge is 0.326 e. The highest BCUT2D eigenvalue weighted by molar-refractivity contribution is 7.21. The number of anilines is 1. The van der Waals surface area contributed by atoms with Crippen LogP contribution in [0.4, 0.5) is 5.69 Å². The number of hydrogen-bond donors (Lipinski definition) is 1. The summed E-state index contributed by atoms with van der Waals surface area (Å²) in [4.78, 5) is 21.0. The standard InChI is InChI=1S/C21H17N3OS/c25-20(11-10-15-5-4-12-22-14-15)23-17-7-3-6-16(13-17)21-24-18-8-1-2-9-19(18)26-21/h1-9,12-14H,10-11H2,(H,23,25). The lowest BCUT2D eigenvalue weighted by Crippen LogP contribution is -2.12. The van der Waals surface area contributed by atoms with E-state index in [1.165, 1.54) is 0 Å². The van der Waals surface area contributed by atoms with Crippen LogP contribution in [-0.2, 0) is 11.2 Å². The SMILES string of the molecule is O=C(CCc1cccnc1)Nc1cccc(-c2nc3ccccc3s2)c1. The Morgan fingerprint density at radius 2 is 1.96 bits per heavy atom. The van der Waals surface area contributed by atoms with Crippen LogP contribution in [0.25, 0.3) is 20.8 Å². The molecule has 1 N–H and O–H groups in total. The maximum atomic E-state index is 12.2. The van der Waals surface area contributed by atoms with Crippen LogP contribution in [0.1, 0.15) is 12.0 Å². The zero-order chi connectivity index (χ0) is 17.8. The first kappa shape index (κ1) is 16.4.